The smallest absolute Gasteiger partial charge is 0.189 e. The molecule has 4 aromatic rings. The van der Waals surface area contributed by atoms with E-state index in [9.17, 15) is 5.26 Å². The Morgan fingerprint density at radius 3 is 1.74 bits per heavy atom. The van der Waals surface area contributed by atoms with Crippen molar-refractivity contribution in [3.8, 4) is 17.4 Å². The van der Waals surface area contributed by atoms with E-state index in [2.05, 4.69) is 90.6 Å². The van der Waals surface area contributed by atoms with E-state index in [1.54, 1.807) is 0 Å². The quantitative estimate of drug-likeness (QED) is 0.235. The Morgan fingerprint density at radius 1 is 0.737 bits per heavy atom. The molecule has 6 heteroatoms. The Hall–Kier alpha value is -4.16. The molecule has 3 heterocycles. The summed E-state index contributed by atoms with van der Waals surface area (Å²) in [7, 11) is 0. The largest absolute Gasteiger partial charge is 0.242 e. The van der Waals surface area contributed by atoms with Crippen molar-refractivity contribution in [2.24, 2.45) is 5.41 Å². The molecule has 0 spiro atoms. The molecule has 6 nitrogen and oxygen atoms in total. The second kappa shape index (κ2) is 8.17. The summed E-state index contributed by atoms with van der Waals surface area (Å²) in [4.78, 5) is 3.78. The Balaban J connectivity index is 1.87. The highest BCUT2D eigenvalue weighted by molar-refractivity contribution is 5.59. The third-order valence-corrected chi connectivity index (χ3v) is 9.63. The lowest BCUT2D eigenvalue weighted by molar-refractivity contribution is 0.0852. The minimum absolute atomic E-state index is 0.249. The van der Waals surface area contributed by atoms with Gasteiger partial charge in [0, 0.05) is 28.6 Å². The van der Waals surface area contributed by atoms with E-state index in [4.69, 9.17) is 16.8 Å². The summed E-state index contributed by atoms with van der Waals surface area (Å²) < 4.78 is 3.76. The molecule has 0 radical (unpaired) electrons. The van der Waals surface area contributed by atoms with Crippen LogP contribution in [0.4, 0.5) is 5.69 Å². The topological polar surface area (TPSA) is 63.8 Å². The minimum atomic E-state index is -0.485. The Morgan fingerprint density at radius 2 is 1.24 bits per heavy atom. The monoisotopic (exact) mass is 502 g/mol. The molecule has 38 heavy (non-hydrogen) atoms. The van der Waals surface area contributed by atoms with Gasteiger partial charge in [-0.2, -0.15) is 15.5 Å². The van der Waals surface area contributed by atoms with Crippen molar-refractivity contribution < 1.29 is 0 Å². The van der Waals surface area contributed by atoms with E-state index in [-0.39, 0.29) is 16.2 Å². The van der Waals surface area contributed by atoms with Crippen LogP contribution >= 0.6 is 0 Å². The van der Waals surface area contributed by atoms with Crippen LogP contribution in [0, 0.1) is 23.3 Å². The standard InChI is InChI=1S/C32H34N6/c1-29(2)22-14-21(20-33)15-25(17-22)37-12-10-27(35-37)30(3,4)32(7,8)31(5,6)28-11-13-38(36-28)26-18-23(29)16-24(19-26)34-9/h10-19H,1-8H3. The molecule has 0 fully saturated rings. The van der Waals surface area contributed by atoms with Gasteiger partial charge in [0.1, 0.15) is 0 Å². The van der Waals surface area contributed by atoms with Crippen LogP contribution in [0.25, 0.3) is 16.2 Å². The summed E-state index contributed by atoms with van der Waals surface area (Å²) in [6.45, 7) is 25.6. The Kier molecular flexibility index (Phi) is 5.48. The average molecular weight is 503 g/mol. The fourth-order valence-electron chi connectivity index (χ4n) is 5.51. The third kappa shape index (κ3) is 3.59. The normalized spacial score (nSPS) is 18.3. The molecule has 1 aliphatic rings. The number of rotatable bonds is 0. The zero-order valence-corrected chi connectivity index (χ0v) is 23.5. The SMILES string of the molecule is [C-]#[N+]c1cc2cc(c1)C(C)(C)c1cc(C#N)cc(c1)-n1ccc(n1)C(C)(C)C(C)(C)C(C)(C)c1ccn-2n1. The number of nitriles is 1. The van der Waals surface area contributed by atoms with E-state index in [1.807, 2.05) is 46.0 Å². The van der Waals surface area contributed by atoms with Crippen LogP contribution in [-0.4, -0.2) is 19.6 Å². The second-order valence-electron chi connectivity index (χ2n) is 12.5. The maximum Gasteiger partial charge on any atom is 0.189 e. The maximum atomic E-state index is 9.90. The lowest BCUT2D eigenvalue weighted by Crippen LogP contribution is -2.50. The predicted octanol–water partition coefficient (Wildman–Crippen LogP) is 7.40. The van der Waals surface area contributed by atoms with Crippen LogP contribution in [0.2, 0.25) is 0 Å². The fourth-order valence-corrected chi connectivity index (χ4v) is 5.51. The van der Waals surface area contributed by atoms with Gasteiger partial charge in [0.05, 0.1) is 41.0 Å². The zero-order valence-electron chi connectivity index (χ0n) is 23.5. The van der Waals surface area contributed by atoms with E-state index in [1.165, 1.54) is 0 Å². The van der Waals surface area contributed by atoms with Crippen LogP contribution in [0.5, 0.6) is 0 Å². The highest BCUT2D eigenvalue weighted by atomic mass is 15.3. The first-order valence-electron chi connectivity index (χ1n) is 12.9. The minimum Gasteiger partial charge on any atom is -0.242 e. The first-order chi connectivity index (χ1) is 17.7. The van der Waals surface area contributed by atoms with E-state index < -0.39 is 5.41 Å². The van der Waals surface area contributed by atoms with Gasteiger partial charge >= 0.3 is 0 Å². The zero-order chi connectivity index (χ0) is 27.7. The third-order valence-electron chi connectivity index (χ3n) is 9.63. The van der Waals surface area contributed by atoms with Crippen molar-refractivity contribution in [2.45, 2.75) is 71.6 Å². The van der Waals surface area contributed by atoms with Crippen LogP contribution < -0.4 is 0 Å². The molecule has 0 saturated heterocycles. The molecular formula is C32H34N6. The van der Waals surface area contributed by atoms with E-state index in [0.717, 1.165) is 33.9 Å². The van der Waals surface area contributed by atoms with Crippen molar-refractivity contribution in [3.05, 3.63) is 100 Å². The van der Waals surface area contributed by atoms with Crippen molar-refractivity contribution in [3.63, 3.8) is 0 Å². The van der Waals surface area contributed by atoms with Gasteiger partial charge in [-0.1, -0.05) is 61.5 Å². The molecule has 5 rings (SSSR count). The van der Waals surface area contributed by atoms with Gasteiger partial charge in [0.25, 0.3) is 0 Å². The fraction of sp³-hybridized carbons (Fsp3) is 0.375. The predicted molar refractivity (Wildman–Crippen MR) is 150 cm³/mol. The number of hydrogen-bond acceptors (Lipinski definition) is 3. The Labute approximate surface area is 225 Å². The lowest BCUT2D eigenvalue weighted by atomic mass is 9.53. The summed E-state index contributed by atoms with van der Waals surface area (Å²) >= 11 is 0. The average Bonchev–Trinajstić information content (AvgIpc) is 3.58. The van der Waals surface area contributed by atoms with Crippen molar-refractivity contribution in [2.75, 3.05) is 0 Å². The molecule has 2 aromatic carbocycles. The van der Waals surface area contributed by atoms with Gasteiger partial charge in [0.15, 0.2) is 5.69 Å². The number of aromatic nitrogens is 4. The molecule has 2 aromatic heterocycles. The summed E-state index contributed by atoms with van der Waals surface area (Å²) in [5.41, 5.74) is 5.39. The number of nitrogens with zero attached hydrogens (tertiary/aromatic N) is 6. The molecule has 0 unspecified atom stereocenters. The van der Waals surface area contributed by atoms with Gasteiger partial charge in [-0.15, -0.1) is 0 Å². The van der Waals surface area contributed by atoms with Gasteiger partial charge in [-0.05, 0) is 59.0 Å². The summed E-state index contributed by atoms with van der Waals surface area (Å²) in [5, 5.41) is 20.0. The molecule has 8 bridgehead atoms. The molecule has 192 valence electrons. The summed E-state index contributed by atoms with van der Waals surface area (Å²) in [6.07, 6.45) is 3.97. The molecular weight excluding hydrogens is 468 g/mol. The van der Waals surface area contributed by atoms with E-state index in [0.29, 0.717) is 11.3 Å². The lowest BCUT2D eigenvalue weighted by Gasteiger charge is -2.50. The van der Waals surface area contributed by atoms with Gasteiger partial charge in [0.2, 0.25) is 0 Å². The van der Waals surface area contributed by atoms with Crippen LogP contribution in [0.15, 0.2) is 60.9 Å². The molecule has 0 saturated carbocycles. The van der Waals surface area contributed by atoms with Crippen molar-refractivity contribution >= 4 is 5.69 Å². The number of benzene rings is 2. The first kappa shape index (κ1) is 25.5. The number of hydrogen-bond donors (Lipinski definition) is 0. The van der Waals surface area contributed by atoms with Crippen LogP contribution in [-0.2, 0) is 16.2 Å². The number of fused-ring (bicyclic) bond motifs is 10. The molecule has 1 aliphatic heterocycles. The molecule has 0 amide bonds. The summed E-state index contributed by atoms with van der Waals surface area (Å²) in [6, 6.07) is 18.3. The summed E-state index contributed by atoms with van der Waals surface area (Å²) in [5.74, 6) is 0. The van der Waals surface area contributed by atoms with Crippen molar-refractivity contribution in [1.29, 1.82) is 5.26 Å². The highest BCUT2D eigenvalue weighted by Crippen LogP contribution is 2.53. The van der Waals surface area contributed by atoms with E-state index >= 15 is 0 Å². The highest BCUT2D eigenvalue weighted by Gasteiger charge is 2.51. The van der Waals surface area contributed by atoms with Gasteiger partial charge in [-0.25, -0.2) is 14.2 Å². The van der Waals surface area contributed by atoms with Crippen LogP contribution in [0.1, 0.15) is 83.5 Å². The molecule has 0 N–H and O–H groups in total. The van der Waals surface area contributed by atoms with Gasteiger partial charge < -0.3 is 0 Å². The maximum absolute atomic E-state index is 9.90. The van der Waals surface area contributed by atoms with Crippen LogP contribution in [0.3, 0.4) is 0 Å². The second-order valence-corrected chi connectivity index (χ2v) is 12.5. The first-order valence-corrected chi connectivity index (χ1v) is 12.9. The Bertz CT molecular complexity index is 1530. The van der Waals surface area contributed by atoms with Crippen molar-refractivity contribution in [1.82, 2.24) is 19.6 Å². The molecule has 0 aliphatic carbocycles. The van der Waals surface area contributed by atoms with Gasteiger partial charge in [-0.3, -0.25) is 0 Å². The molecule has 0 atom stereocenters.